The number of piperazine rings is 1. The Balaban J connectivity index is 1.84. The topological polar surface area (TPSA) is 24.5 Å². The molecular formula is C14H17F3N2O. The molecule has 1 aromatic rings. The predicted octanol–water partition coefficient (Wildman–Crippen LogP) is 2.09. The van der Waals surface area contributed by atoms with Crippen LogP contribution in [-0.2, 0) is 6.18 Å². The molecule has 2 heterocycles. The van der Waals surface area contributed by atoms with Gasteiger partial charge in [-0.15, -0.1) is 0 Å². The average molecular weight is 286 g/mol. The van der Waals surface area contributed by atoms with Crippen LogP contribution >= 0.6 is 0 Å². The van der Waals surface area contributed by atoms with Gasteiger partial charge in [0.25, 0.3) is 0 Å². The molecule has 1 saturated heterocycles. The second kappa shape index (κ2) is 5.26. The summed E-state index contributed by atoms with van der Waals surface area (Å²) in [7, 11) is 0. The summed E-state index contributed by atoms with van der Waals surface area (Å²) in [6.45, 7) is 4.50. The Kier molecular flexibility index (Phi) is 3.60. The van der Waals surface area contributed by atoms with Crippen molar-refractivity contribution in [3.8, 4) is 5.75 Å². The molecule has 0 radical (unpaired) electrons. The van der Waals surface area contributed by atoms with E-state index < -0.39 is 11.7 Å². The van der Waals surface area contributed by atoms with E-state index in [0.29, 0.717) is 24.5 Å². The number of halogens is 3. The minimum absolute atomic E-state index is 0.194. The fourth-order valence-corrected chi connectivity index (χ4v) is 2.96. The van der Waals surface area contributed by atoms with Gasteiger partial charge in [-0.2, -0.15) is 13.2 Å². The Hall–Kier alpha value is -1.27. The summed E-state index contributed by atoms with van der Waals surface area (Å²) < 4.78 is 44.8. The summed E-state index contributed by atoms with van der Waals surface area (Å²) in [6.07, 6.45) is -4.32. The van der Waals surface area contributed by atoms with E-state index in [0.717, 1.165) is 32.2 Å². The number of hydrogen-bond donors (Lipinski definition) is 1. The first-order valence-corrected chi connectivity index (χ1v) is 6.81. The van der Waals surface area contributed by atoms with E-state index in [1.54, 1.807) is 6.07 Å². The molecule has 6 heteroatoms. The molecule has 1 N–H and O–H groups in total. The monoisotopic (exact) mass is 286 g/mol. The van der Waals surface area contributed by atoms with Gasteiger partial charge in [0, 0.05) is 44.2 Å². The van der Waals surface area contributed by atoms with Crippen LogP contribution in [0.2, 0.25) is 0 Å². The first kappa shape index (κ1) is 13.7. The lowest BCUT2D eigenvalue weighted by atomic mass is 9.94. The van der Waals surface area contributed by atoms with Gasteiger partial charge in [-0.25, -0.2) is 0 Å². The summed E-state index contributed by atoms with van der Waals surface area (Å²) in [4.78, 5) is 2.20. The standard InChI is InChI=1S/C14H17F3N2O/c15-14(16,17)11-2-1-3-12-13(11)10(9-20-12)8-19-6-4-18-5-7-19/h1-3,10,18H,4-9H2. The van der Waals surface area contributed by atoms with Crippen LogP contribution in [0.5, 0.6) is 5.75 Å². The van der Waals surface area contributed by atoms with Gasteiger partial charge < -0.3 is 15.0 Å². The molecule has 2 aliphatic rings. The van der Waals surface area contributed by atoms with Gasteiger partial charge in [0.2, 0.25) is 0 Å². The molecule has 20 heavy (non-hydrogen) atoms. The third kappa shape index (κ3) is 2.62. The second-order valence-corrected chi connectivity index (χ2v) is 5.27. The molecule has 0 aliphatic carbocycles. The van der Waals surface area contributed by atoms with Crippen molar-refractivity contribution in [3.63, 3.8) is 0 Å². The second-order valence-electron chi connectivity index (χ2n) is 5.27. The highest BCUT2D eigenvalue weighted by molar-refractivity contribution is 5.47. The van der Waals surface area contributed by atoms with E-state index in [1.807, 2.05) is 0 Å². The van der Waals surface area contributed by atoms with E-state index in [9.17, 15) is 13.2 Å². The molecule has 1 fully saturated rings. The van der Waals surface area contributed by atoms with Crippen LogP contribution in [0.15, 0.2) is 18.2 Å². The number of fused-ring (bicyclic) bond motifs is 1. The van der Waals surface area contributed by atoms with Gasteiger partial charge in [0.05, 0.1) is 12.2 Å². The van der Waals surface area contributed by atoms with E-state index in [2.05, 4.69) is 10.2 Å². The molecular weight excluding hydrogens is 269 g/mol. The van der Waals surface area contributed by atoms with Crippen LogP contribution in [0.25, 0.3) is 0 Å². The number of alkyl halides is 3. The molecule has 1 aromatic carbocycles. The molecule has 3 rings (SSSR count). The van der Waals surface area contributed by atoms with Crippen molar-refractivity contribution in [1.82, 2.24) is 10.2 Å². The van der Waals surface area contributed by atoms with Crippen LogP contribution in [0, 0.1) is 0 Å². The average Bonchev–Trinajstić information content (AvgIpc) is 2.82. The molecule has 1 unspecified atom stereocenters. The Morgan fingerprint density at radius 2 is 2.00 bits per heavy atom. The fraction of sp³-hybridized carbons (Fsp3) is 0.571. The number of rotatable bonds is 2. The van der Waals surface area contributed by atoms with Gasteiger partial charge in [0.1, 0.15) is 5.75 Å². The number of benzene rings is 1. The van der Waals surface area contributed by atoms with E-state index in [1.165, 1.54) is 6.07 Å². The van der Waals surface area contributed by atoms with Crippen LogP contribution in [0.4, 0.5) is 13.2 Å². The highest BCUT2D eigenvalue weighted by Gasteiger charge is 2.39. The molecule has 0 spiro atoms. The highest BCUT2D eigenvalue weighted by atomic mass is 19.4. The van der Waals surface area contributed by atoms with Crippen molar-refractivity contribution in [2.75, 3.05) is 39.3 Å². The van der Waals surface area contributed by atoms with Crippen molar-refractivity contribution >= 4 is 0 Å². The minimum Gasteiger partial charge on any atom is -0.493 e. The van der Waals surface area contributed by atoms with Crippen molar-refractivity contribution in [2.45, 2.75) is 12.1 Å². The van der Waals surface area contributed by atoms with Crippen molar-refractivity contribution in [3.05, 3.63) is 29.3 Å². The summed E-state index contributed by atoms with van der Waals surface area (Å²) in [5.41, 5.74) is -0.217. The summed E-state index contributed by atoms with van der Waals surface area (Å²) >= 11 is 0. The van der Waals surface area contributed by atoms with Gasteiger partial charge in [-0.3, -0.25) is 0 Å². The summed E-state index contributed by atoms with van der Waals surface area (Å²) in [5, 5.41) is 3.24. The zero-order chi connectivity index (χ0) is 14.2. The zero-order valence-corrected chi connectivity index (χ0v) is 11.0. The van der Waals surface area contributed by atoms with E-state index in [4.69, 9.17) is 4.74 Å². The first-order chi connectivity index (χ1) is 9.55. The third-order valence-electron chi connectivity index (χ3n) is 3.91. The van der Waals surface area contributed by atoms with Crippen LogP contribution in [0.1, 0.15) is 17.0 Å². The molecule has 110 valence electrons. The Bertz CT molecular complexity index is 484. The maximum absolute atomic E-state index is 13.1. The highest BCUT2D eigenvalue weighted by Crippen LogP contribution is 2.43. The van der Waals surface area contributed by atoms with Crippen LogP contribution in [0.3, 0.4) is 0 Å². The molecule has 3 nitrogen and oxygen atoms in total. The maximum atomic E-state index is 13.1. The fourth-order valence-electron chi connectivity index (χ4n) is 2.96. The van der Waals surface area contributed by atoms with Crippen molar-refractivity contribution in [1.29, 1.82) is 0 Å². The first-order valence-electron chi connectivity index (χ1n) is 6.81. The lowest BCUT2D eigenvalue weighted by Crippen LogP contribution is -2.45. The SMILES string of the molecule is FC(F)(F)c1cccc2c1C(CN1CCNCC1)CO2. The van der Waals surface area contributed by atoms with Crippen LogP contribution < -0.4 is 10.1 Å². The molecule has 1 atom stereocenters. The molecule has 0 bridgehead atoms. The van der Waals surface area contributed by atoms with Crippen LogP contribution in [-0.4, -0.2) is 44.2 Å². The minimum atomic E-state index is -4.32. The zero-order valence-electron chi connectivity index (χ0n) is 11.0. The largest absolute Gasteiger partial charge is 0.493 e. The predicted molar refractivity (Wildman–Crippen MR) is 69.0 cm³/mol. The molecule has 0 amide bonds. The number of hydrogen-bond acceptors (Lipinski definition) is 3. The van der Waals surface area contributed by atoms with Gasteiger partial charge in [-0.1, -0.05) is 6.07 Å². The molecule has 2 aliphatic heterocycles. The summed E-state index contributed by atoms with van der Waals surface area (Å²) in [5.74, 6) is 0.195. The Morgan fingerprint density at radius 1 is 1.25 bits per heavy atom. The summed E-state index contributed by atoms with van der Waals surface area (Å²) in [6, 6.07) is 4.19. The Morgan fingerprint density at radius 3 is 2.70 bits per heavy atom. The van der Waals surface area contributed by atoms with E-state index in [-0.39, 0.29) is 5.92 Å². The van der Waals surface area contributed by atoms with Gasteiger partial charge in [0.15, 0.2) is 0 Å². The normalized spacial score (nSPS) is 23.4. The van der Waals surface area contributed by atoms with Crippen molar-refractivity contribution < 1.29 is 17.9 Å². The Labute approximate surface area is 115 Å². The molecule has 0 saturated carbocycles. The van der Waals surface area contributed by atoms with Gasteiger partial charge in [-0.05, 0) is 12.1 Å². The quantitative estimate of drug-likeness (QED) is 0.901. The van der Waals surface area contributed by atoms with Gasteiger partial charge >= 0.3 is 6.18 Å². The third-order valence-corrected chi connectivity index (χ3v) is 3.91. The lowest BCUT2D eigenvalue weighted by Gasteiger charge is -2.29. The molecule has 0 aromatic heterocycles. The maximum Gasteiger partial charge on any atom is 0.416 e. The number of nitrogens with one attached hydrogen (secondary N) is 1. The van der Waals surface area contributed by atoms with E-state index >= 15 is 0 Å². The number of ether oxygens (including phenoxy) is 1. The smallest absolute Gasteiger partial charge is 0.416 e. The number of nitrogens with zero attached hydrogens (tertiary/aromatic N) is 1. The lowest BCUT2D eigenvalue weighted by molar-refractivity contribution is -0.138. The van der Waals surface area contributed by atoms with Crippen molar-refractivity contribution in [2.24, 2.45) is 0 Å².